The minimum Gasteiger partial charge on any atom is -0.177 e. The van der Waals surface area contributed by atoms with Gasteiger partial charge in [-0.15, -0.1) is 22.8 Å². The molecule has 0 amide bonds. The van der Waals surface area contributed by atoms with Gasteiger partial charge in [-0.05, 0) is 6.92 Å². The Morgan fingerprint density at radius 1 is 1.50 bits per heavy atom. The molecule has 4 nitrogen and oxygen atoms in total. The fraction of sp³-hybridized carbons (Fsp3) is 0.250. The van der Waals surface area contributed by atoms with Gasteiger partial charge in [-0.3, -0.25) is 0 Å². The zero-order valence-corrected chi connectivity index (χ0v) is 6.86. The maximum atomic E-state index is 4.11. The van der Waals surface area contributed by atoms with Crippen molar-refractivity contribution in [1.29, 1.82) is 0 Å². The highest BCUT2D eigenvalue weighted by Crippen LogP contribution is 2.13. The van der Waals surface area contributed by atoms with Gasteiger partial charge in [0, 0.05) is 0 Å². The second-order valence-electron chi connectivity index (χ2n) is 1.82. The molecule has 0 spiro atoms. The quantitative estimate of drug-likeness (QED) is 0.597. The summed E-state index contributed by atoms with van der Waals surface area (Å²) in [5.74, 6) is 0. The number of aromatic nitrogens is 4. The average Bonchev–Trinajstić information content (AvgIpc) is 2.35. The molecule has 2 aromatic heterocycles. The van der Waals surface area contributed by atoms with Gasteiger partial charge in [-0.1, -0.05) is 11.3 Å². The predicted octanol–water partition coefficient (Wildman–Crippen LogP) is 0.783. The van der Waals surface area contributed by atoms with Crippen molar-refractivity contribution in [2.75, 3.05) is 0 Å². The fourth-order valence-electron chi connectivity index (χ4n) is 0.702. The molecule has 2 heterocycles. The Balaban J connectivity index is 2.90. The molecule has 0 aliphatic rings. The van der Waals surface area contributed by atoms with E-state index in [1.54, 1.807) is 4.52 Å². The van der Waals surface area contributed by atoms with Gasteiger partial charge in [-0.2, -0.15) is 9.61 Å². The maximum Gasteiger partial charge on any atom is 0.235 e. The summed E-state index contributed by atoms with van der Waals surface area (Å²) in [4.78, 5) is 0.794. The summed E-state index contributed by atoms with van der Waals surface area (Å²) < 4.78 is 1.61. The van der Waals surface area contributed by atoms with Gasteiger partial charge >= 0.3 is 0 Å². The lowest BCUT2D eigenvalue weighted by molar-refractivity contribution is 0.815. The van der Waals surface area contributed by atoms with Crippen molar-refractivity contribution in [2.45, 2.75) is 12.1 Å². The van der Waals surface area contributed by atoms with Crippen LogP contribution in [-0.2, 0) is 0 Å². The molecule has 0 saturated carbocycles. The predicted molar refractivity (Wildman–Crippen MR) is 40.6 cm³/mol. The van der Waals surface area contributed by atoms with Crippen LogP contribution in [0.1, 0.15) is 5.01 Å². The molecular weight excluding hydrogens is 168 g/mol. The topological polar surface area (TPSA) is 43.1 Å². The van der Waals surface area contributed by atoms with Gasteiger partial charge in [0.1, 0.15) is 5.01 Å². The van der Waals surface area contributed by atoms with Gasteiger partial charge in [-0.25, -0.2) is 0 Å². The van der Waals surface area contributed by atoms with Crippen LogP contribution < -0.4 is 0 Å². The standard InChI is InChI=1S/C4H4N4S2/c1-2-7-8-3(9)5-6-4(8)10-2/h1H3,(H,5,9). The largest absolute Gasteiger partial charge is 0.235 e. The molecule has 0 aliphatic carbocycles. The Kier molecular flexibility index (Phi) is 1.18. The third-order valence-corrected chi connectivity index (χ3v) is 2.17. The molecule has 0 N–H and O–H groups in total. The molecule has 2 aromatic rings. The van der Waals surface area contributed by atoms with Crippen molar-refractivity contribution in [3.63, 3.8) is 0 Å². The number of aryl methyl sites for hydroxylation is 1. The molecule has 0 aromatic carbocycles. The first-order valence-electron chi connectivity index (χ1n) is 2.65. The monoisotopic (exact) mass is 172 g/mol. The Morgan fingerprint density at radius 3 is 3.00 bits per heavy atom. The molecule has 0 atom stereocenters. The molecular formula is C4H4N4S2. The lowest BCUT2D eigenvalue weighted by Crippen LogP contribution is -1.83. The van der Waals surface area contributed by atoms with Crippen molar-refractivity contribution in [3.8, 4) is 0 Å². The molecule has 10 heavy (non-hydrogen) atoms. The molecule has 0 aliphatic heterocycles. The zero-order valence-electron chi connectivity index (χ0n) is 5.14. The molecule has 0 radical (unpaired) electrons. The summed E-state index contributed by atoms with van der Waals surface area (Å²) in [5.41, 5.74) is 0. The van der Waals surface area contributed by atoms with Crippen molar-refractivity contribution in [1.82, 2.24) is 19.8 Å². The van der Waals surface area contributed by atoms with Crippen molar-refractivity contribution < 1.29 is 0 Å². The van der Waals surface area contributed by atoms with E-state index in [1.165, 1.54) is 11.3 Å². The Labute approximate surface area is 66.3 Å². The Bertz CT molecular complexity index is 362. The van der Waals surface area contributed by atoms with Gasteiger partial charge in [0.15, 0.2) is 0 Å². The SMILES string of the molecule is Cc1nn2c(S)nnc2s1. The Hall–Kier alpha value is -0.620. The minimum absolute atomic E-state index is 0.541. The van der Waals surface area contributed by atoms with E-state index in [2.05, 4.69) is 27.9 Å². The van der Waals surface area contributed by atoms with E-state index in [0.29, 0.717) is 5.16 Å². The van der Waals surface area contributed by atoms with Gasteiger partial charge in [0.25, 0.3) is 0 Å². The van der Waals surface area contributed by atoms with E-state index >= 15 is 0 Å². The average molecular weight is 172 g/mol. The molecule has 0 bridgehead atoms. The maximum absolute atomic E-state index is 4.11. The highest BCUT2D eigenvalue weighted by Gasteiger charge is 2.04. The second kappa shape index (κ2) is 1.93. The lowest BCUT2D eigenvalue weighted by atomic mass is 10.9. The van der Waals surface area contributed by atoms with Crippen molar-refractivity contribution in [3.05, 3.63) is 5.01 Å². The van der Waals surface area contributed by atoms with Crippen LogP contribution in [0.5, 0.6) is 0 Å². The van der Waals surface area contributed by atoms with Gasteiger partial charge < -0.3 is 0 Å². The lowest BCUT2D eigenvalue weighted by Gasteiger charge is -1.78. The summed E-state index contributed by atoms with van der Waals surface area (Å²) in [5, 5.41) is 13.2. The first kappa shape index (κ1) is 6.11. The highest BCUT2D eigenvalue weighted by atomic mass is 32.1. The molecule has 0 unspecified atom stereocenters. The summed E-state index contributed by atoms with van der Waals surface area (Å²) >= 11 is 5.55. The number of fused-ring (bicyclic) bond motifs is 1. The number of rotatable bonds is 0. The first-order valence-corrected chi connectivity index (χ1v) is 3.91. The van der Waals surface area contributed by atoms with E-state index in [4.69, 9.17) is 0 Å². The van der Waals surface area contributed by atoms with E-state index in [-0.39, 0.29) is 0 Å². The summed E-state index contributed by atoms with van der Waals surface area (Å²) in [6.07, 6.45) is 0. The van der Waals surface area contributed by atoms with Crippen LogP contribution in [0.15, 0.2) is 5.16 Å². The molecule has 6 heteroatoms. The van der Waals surface area contributed by atoms with Crippen LogP contribution in [-0.4, -0.2) is 19.8 Å². The zero-order chi connectivity index (χ0) is 7.14. The van der Waals surface area contributed by atoms with E-state index < -0.39 is 0 Å². The normalized spacial score (nSPS) is 11.0. The third-order valence-electron chi connectivity index (χ3n) is 1.08. The van der Waals surface area contributed by atoms with E-state index in [1.807, 2.05) is 6.92 Å². The smallest absolute Gasteiger partial charge is 0.177 e. The van der Waals surface area contributed by atoms with Crippen molar-refractivity contribution >= 4 is 28.9 Å². The summed E-state index contributed by atoms with van der Waals surface area (Å²) in [7, 11) is 0. The number of hydrogen-bond donors (Lipinski definition) is 1. The minimum atomic E-state index is 0.541. The molecule has 0 fully saturated rings. The van der Waals surface area contributed by atoms with Crippen LogP contribution in [0.25, 0.3) is 4.96 Å². The van der Waals surface area contributed by atoms with E-state index in [0.717, 1.165) is 9.97 Å². The van der Waals surface area contributed by atoms with Crippen LogP contribution >= 0.6 is 24.0 Å². The fourth-order valence-corrected chi connectivity index (χ4v) is 1.64. The van der Waals surface area contributed by atoms with E-state index in [9.17, 15) is 0 Å². The highest BCUT2D eigenvalue weighted by molar-refractivity contribution is 7.80. The van der Waals surface area contributed by atoms with Gasteiger partial charge in [0.05, 0.1) is 0 Å². The first-order chi connectivity index (χ1) is 4.77. The Morgan fingerprint density at radius 2 is 2.30 bits per heavy atom. The van der Waals surface area contributed by atoms with Gasteiger partial charge in [0.2, 0.25) is 10.1 Å². The molecule has 0 saturated heterocycles. The van der Waals surface area contributed by atoms with Crippen LogP contribution in [0.2, 0.25) is 0 Å². The number of nitrogens with zero attached hydrogens (tertiary/aromatic N) is 4. The third kappa shape index (κ3) is 0.723. The second-order valence-corrected chi connectivity index (χ2v) is 3.38. The van der Waals surface area contributed by atoms with Crippen LogP contribution in [0, 0.1) is 6.92 Å². The summed E-state index contributed by atoms with van der Waals surface area (Å²) in [6, 6.07) is 0. The van der Waals surface area contributed by atoms with Crippen LogP contribution in [0.3, 0.4) is 0 Å². The number of hydrogen-bond acceptors (Lipinski definition) is 5. The van der Waals surface area contributed by atoms with Crippen LogP contribution in [0.4, 0.5) is 0 Å². The molecule has 2 rings (SSSR count). The molecule has 52 valence electrons. The number of thiol groups is 1. The van der Waals surface area contributed by atoms with Crippen molar-refractivity contribution in [2.24, 2.45) is 0 Å². The summed E-state index contributed by atoms with van der Waals surface area (Å²) in [6.45, 7) is 1.92.